The Labute approximate surface area is 123 Å². The molecule has 1 aromatic carbocycles. The Hall–Kier alpha value is -2.37. The molecule has 0 radical (unpaired) electrons. The largest absolute Gasteiger partial charge is 0.480 e. The van der Waals surface area contributed by atoms with E-state index < -0.39 is 11.5 Å². The average molecular weight is 292 g/mol. The normalized spacial score (nSPS) is 13.1. The molecular weight excluding hydrogens is 272 g/mol. The molecule has 0 fully saturated rings. The van der Waals surface area contributed by atoms with E-state index in [1.807, 2.05) is 0 Å². The van der Waals surface area contributed by atoms with E-state index in [4.69, 9.17) is 5.11 Å². The summed E-state index contributed by atoms with van der Waals surface area (Å²) in [7, 11) is 0. The first-order valence-electron chi connectivity index (χ1n) is 6.68. The summed E-state index contributed by atoms with van der Waals surface area (Å²) in [4.78, 5) is 33.9. The van der Waals surface area contributed by atoms with E-state index >= 15 is 0 Å². The first-order valence-corrected chi connectivity index (χ1v) is 6.68. The third-order valence-electron chi connectivity index (χ3n) is 3.23. The van der Waals surface area contributed by atoms with Crippen LogP contribution in [0.3, 0.4) is 0 Å². The first kappa shape index (κ1) is 16.7. The van der Waals surface area contributed by atoms with Crippen molar-refractivity contribution >= 4 is 23.5 Å². The molecule has 2 amide bonds. The van der Waals surface area contributed by atoms with Crippen LogP contribution in [0.15, 0.2) is 24.3 Å². The summed E-state index contributed by atoms with van der Waals surface area (Å²) in [5, 5.41) is 14.3. The molecule has 0 saturated heterocycles. The lowest BCUT2D eigenvalue weighted by molar-refractivity contribution is -0.146. The van der Waals surface area contributed by atoms with Gasteiger partial charge in [0.2, 0.25) is 11.8 Å². The van der Waals surface area contributed by atoms with Crippen molar-refractivity contribution in [2.75, 3.05) is 5.32 Å². The van der Waals surface area contributed by atoms with Gasteiger partial charge in [0.25, 0.3) is 0 Å². The molecule has 0 aliphatic heterocycles. The SMILES string of the molecule is CCC(C)(NC(=O)Cc1ccc(NC(C)=O)cc1)C(=O)O. The Morgan fingerprint density at radius 2 is 1.76 bits per heavy atom. The van der Waals surface area contributed by atoms with E-state index in [1.54, 1.807) is 31.2 Å². The number of anilines is 1. The van der Waals surface area contributed by atoms with Gasteiger partial charge in [0.05, 0.1) is 6.42 Å². The number of carboxylic acid groups (broad SMARTS) is 1. The van der Waals surface area contributed by atoms with Crippen molar-refractivity contribution in [2.24, 2.45) is 0 Å². The summed E-state index contributed by atoms with van der Waals surface area (Å²) in [6.45, 7) is 4.60. The molecule has 0 saturated carbocycles. The molecule has 0 spiro atoms. The highest BCUT2D eigenvalue weighted by molar-refractivity contribution is 5.89. The van der Waals surface area contributed by atoms with Crippen LogP contribution in [0.4, 0.5) is 5.69 Å². The predicted molar refractivity (Wildman–Crippen MR) is 78.9 cm³/mol. The maximum atomic E-state index is 11.9. The van der Waals surface area contributed by atoms with Crippen LogP contribution in [0.2, 0.25) is 0 Å². The number of hydrogen-bond acceptors (Lipinski definition) is 3. The maximum Gasteiger partial charge on any atom is 0.329 e. The lowest BCUT2D eigenvalue weighted by Gasteiger charge is -2.24. The fourth-order valence-electron chi connectivity index (χ4n) is 1.74. The second-order valence-electron chi connectivity index (χ2n) is 5.09. The smallest absolute Gasteiger partial charge is 0.329 e. The number of nitrogens with one attached hydrogen (secondary N) is 2. The Morgan fingerprint density at radius 3 is 2.19 bits per heavy atom. The summed E-state index contributed by atoms with van der Waals surface area (Å²) in [6.07, 6.45) is 0.388. The summed E-state index contributed by atoms with van der Waals surface area (Å²) in [5.74, 6) is -1.57. The van der Waals surface area contributed by atoms with Crippen molar-refractivity contribution < 1.29 is 19.5 Å². The average Bonchev–Trinajstić information content (AvgIpc) is 2.40. The summed E-state index contributed by atoms with van der Waals surface area (Å²) >= 11 is 0. The molecule has 6 heteroatoms. The minimum atomic E-state index is -1.26. The van der Waals surface area contributed by atoms with Crippen molar-refractivity contribution in [1.82, 2.24) is 5.32 Å². The Morgan fingerprint density at radius 1 is 1.19 bits per heavy atom. The highest BCUT2D eigenvalue weighted by Gasteiger charge is 2.32. The van der Waals surface area contributed by atoms with Crippen molar-refractivity contribution in [1.29, 1.82) is 0 Å². The van der Waals surface area contributed by atoms with Crippen molar-refractivity contribution in [3.63, 3.8) is 0 Å². The minimum Gasteiger partial charge on any atom is -0.480 e. The van der Waals surface area contributed by atoms with Crippen LogP contribution in [0.1, 0.15) is 32.8 Å². The van der Waals surface area contributed by atoms with Gasteiger partial charge < -0.3 is 15.7 Å². The third-order valence-corrected chi connectivity index (χ3v) is 3.23. The monoisotopic (exact) mass is 292 g/mol. The number of benzene rings is 1. The molecule has 0 bridgehead atoms. The van der Waals surface area contributed by atoms with Crippen LogP contribution < -0.4 is 10.6 Å². The summed E-state index contributed by atoms with van der Waals surface area (Å²) in [6, 6.07) is 6.82. The molecule has 1 aromatic rings. The molecule has 0 aromatic heterocycles. The third kappa shape index (κ3) is 4.91. The second-order valence-corrected chi connectivity index (χ2v) is 5.09. The van der Waals surface area contributed by atoms with Gasteiger partial charge in [0.1, 0.15) is 5.54 Å². The number of amides is 2. The standard InChI is InChI=1S/C15H20N2O4/c1-4-15(3,14(20)21)17-13(19)9-11-5-7-12(8-6-11)16-10(2)18/h5-8H,4,9H2,1-3H3,(H,16,18)(H,17,19)(H,20,21). The highest BCUT2D eigenvalue weighted by atomic mass is 16.4. The Balaban J connectivity index is 2.67. The molecule has 0 heterocycles. The van der Waals surface area contributed by atoms with Gasteiger partial charge in [-0.1, -0.05) is 19.1 Å². The zero-order chi connectivity index (χ0) is 16.0. The van der Waals surface area contributed by atoms with Crippen LogP contribution in [-0.4, -0.2) is 28.4 Å². The van der Waals surface area contributed by atoms with Gasteiger partial charge in [0.15, 0.2) is 0 Å². The second kappa shape index (κ2) is 6.88. The van der Waals surface area contributed by atoms with Crippen LogP contribution in [0, 0.1) is 0 Å². The fraction of sp³-hybridized carbons (Fsp3) is 0.400. The molecule has 0 aliphatic rings. The number of hydrogen-bond donors (Lipinski definition) is 3. The lowest BCUT2D eigenvalue weighted by atomic mass is 9.98. The van der Waals surface area contributed by atoms with E-state index in [1.165, 1.54) is 13.8 Å². The molecule has 1 atom stereocenters. The van der Waals surface area contributed by atoms with E-state index in [0.29, 0.717) is 12.1 Å². The van der Waals surface area contributed by atoms with Crippen molar-refractivity contribution in [2.45, 2.75) is 39.2 Å². The maximum absolute atomic E-state index is 11.9. The molecule has 1 rings (SSSR count). The molecule has 0 aliphatic carbocycles. The van der Waals surface area contributed by atoms with Gasteiger partial charge in [0, 0.05) is 12.6 Å². The molecule has 21 heavy (non-hydrogen) atoms. The van der Waals surface area contributed by atoms with Crippen LogP contribution in [0.5, 0.6) is 0 Å². The predicted octanol–water partition coefficient (Wildman–Crippen LogP) is 1.56. The molecule has 114 valence electrons. The van der Waals surface area contributed by atoms with Gasteiger partial charge in [-0.15, -0.1) is 0 Å². The van der Waals surface area contributed by atoms with Crippen LogP contribution >= 0.6 is 0 Å². The van der Waals surface area contributed by atoms with E-state index in [0.717, 1.165) is 5.56 Å². The topological polar surface area (TPSA) is 95.5 Å². The molecule has 3 N–H and O–H groups in total. The lowest BCUT2D eigenvalue weighted by Crippen LogP contribution is -2.52. The highest BCUT2D eigenvalue weighted by Crippen LogP contribution is 2.12. The van der Waals surface area contributed by atoms with Gasteiger partial charge in [-0.2, -0.15) is 0 Å². The number of carboxylic acids is 1. The Kier molecular flexibility index (Phi) is 5.46. The Bertz CT molecular complexity index is 539. The molecule has 1 unspecified atom stereocenters. The number of carbonyl (C=O) groups is 3. The van der Waals surface area contributed by atoms with E-state index in [9.17, 15) is 14.4 Å². The summed E-state index contributed by atoms with van der Waals surface area (Å²) < 4.78 is 0. The summed E-state index contributed by atoms with van der Waals surface area (Å²) in [5.41, 5.74) is 0.133. The van der Waals surface area contributed by atoms with Gasteiger partial charge in [-0.25, -0.2) is 4.79 Å². The van der Waals surface area contributed by atoms with Gasteiger partial charge in [-0.3, -0.25) is 9.59 Å². The number of aliphatic carboxylic acids is 1. The minimum absolute atomic E-state index is 0.0865. The zero-order valence-electron chi connectivity index (χ0n) is 12.4. The van der Waals surface area contributed by atoms with E-state index in [2.05, 4.69) is 10.6 Å². The van der Waals surface area contributed by atoms with Crippen molar-refractivity contribution in [3.8, 4) is 0 Å². The van der Waals surface area contributed by atoms with Crippen molar-refractivity contribution in [3.05, 3.63) is 29.8 Å². The van der Waals surface area contributed by atoms with Crippen LogP contribution in [0.25, 0.3) is 0 Å². The zero-order valence-corrected chi connectivity index (χ0v) is 12.4. The van der Waals surface area contributed by atoms with E-state index in [-0.39, 0.29) is 18.2 Å². The van der Waals surface area contributed by atoms with Crippen LogP contribution in [-0.2, 0) is 20.8 Å². The molecule has 6 nitrogen and oxygen atoms in total. The number of carbonyl (C=O) groups excluding carboxylic acids is 2. The van der Waals surface area contributed by atoms with Gasteiger partial charge >= 0.3 is 5.97 Å². The first-order chi connectivity index (χ1) is 9.76. The fourth-order valence-corrected chi connectivity index (χ4v) is 1.74. The quantitative estimate of drug-likeness (QED) is 0.741. The molecular formula is C15H20N2O4. The number of rotatable bonds is 6. The van der Waals surface area contributed by atoms with Gasteiger partial charge in [-0.05, 0) is 31.0 Å².